The molecule has 0 amide bonds. The monoisotopic (exact) mass is 289 g/mol. The van der Waals surface area contributed by atoms with Crippen molar-refractivity contribution in [3.05, 3.63) is 46.4 Å². The lowest BCUT2D eigenvalue weighted by Crippen LogP contribution is -2.01. The molecular weight excluding hydrogens is 270 g/mol. The van der Waals surface area contributed by atoms with Crippen LogP contribution in [0.15, 0.2) is 24.3 Å². The Kier molecular flexibility index (Phi) is 4.96. The highest BCUT2D eigenvalue weighted by Crippen LogP contribution is 2.23. The van der Waals surface area contributed by atoms with E-state index in [1.54, 1.807) is 0 Å². The zero-order valence-electron chi connectivity index (χ0n) is 12.2. The molecule has 20 heavy (non-hydrogen) atoms. The van der Waals surface area contributed by atoms with Crippen LogP contribution in [-0.4, -0.2) is 9.97 Å². The molecule has 0 spiro atoms. The van der Waals surface area contributed by atoms with Gasteiger partial charge in [-0.2, -0.15) is 0 Å². The van der Waals surface area contributed by atoms with Crippen molar-refractivity contribution in [3.8, 4) is 0 Å². The zero-order valence-corrected chi connectivity index (χ0v) is 13.0. The second-order valence-corrected chi connectivity index (χ2v) is 5.32. The molecule has 0 aliphatic carbocycles. The number of nitrogens with zero attached hydrogens (tertiary/aromatic N) is 2. The molecule has 0 fully saturated rings. The Labute approximate surface area is 125 Å². The number of anilines is 2. The third kappa shape index (κ3) is 3.70. The van der Waals surface area contributed by atoms with Crippen molar-refractivity contribution in [2.24, 2.45) is 0 Å². The van der Waals surface area contributed by atoms with Gasteiger partial charge in [-0.25, -0.2) is 9.97 Å². The van der Waals surface area contributed by atoms with Gasteiger partial charge in [-0.3, -0.25) is 0 Å². The van der Waals surface area contributed by atoms with Gasteiger partial charge in [0.1, 0.15) is 16.8 Å². The Hall–Kier alpha value is -1.61. The number of benzene rings is 1. The Morgan fingerprint density at radius 2 is 1.80 bits per heavy atom. The molecule has 1 aromatic heterocycles. The van der Waals surface area contributed by atoms with Crippen molar-refractivity contribution in [2.45, 2.75) is 40.0 Å². The van der Waals surface area contributed by atoms with E-state index in [2.05, 4.69) is 46.5 Å². The molecule has 0 unspecified atom stereocenters. The smallest absolute Gasteiger partial charge is 0.138 e. The minimum absolute atomic E-state index is 0.500. The van der Waals surface area contributed by atoms with Gasteiger partial charge in [-0.1, -0.05) is 37.1 Å². The average molecular weight is 290 g/mol. The minimum atomic E-state index is 0.500. The highest BCUT2D eigenvalue weighted by atomic mass is 35.5. The number of aryl methyl sites for hydroxylation is 2. The number of unbranched alkanes of at least 4 members (excludes halogenated alkanes) is 1. The van der Waals surface area contributed by atoms with E-state index in [4.69, 9.17) is 11.6 Å². The number of hydrogen-bond acceptors (Lipinski definition) is 3. The van der Waals surface area contributed by atoms with Crippen LogP contribution in [0.3, 0.4) is 0 Å². The molecule has 0 saturated heterocycles. The van der Waals surface area contributed by atoms with Gasteiger partial charge in [0.2, 0.25) is 0 Å². The van der Waals surface area contributed by atoms with Gasteiger partial charge in [0, 0.05) is 11.3 Å². The molecule has 2 rings (SSSR count). The fourth-order valence-corrected chi connectivity index (χ4v) is 2.20. The van der Waals surface area contributed by atoms with Crippen LogP contribution in [0.25, 0.3) is 0 Å². The quantitative estimate of drug-likeness (QED) is 0.801. The maximum absolute atomic E-state index is 6.08. The molecule has 2 aromatic rings. The Morgan fingerprint density at radius 1 is 1.10 bits per heavy atom. The first kappa shape index (κ1) is 14.8. The predicted octanol–water partition coefficient (Wildman–Crippen LogP) is 4.83. The Balaban J connectivity index is 2.14. The molecule has 1 N–H and O–H groups in total. The topological polar surface area (TPSA) is 37.8 Å². The van der Waals surface area contributed by atoms with Gasteiger partial charge in [0.05, 0.1) is 0 Å². The van der Waals surface area contributed by atoms with Crippen LogP contribution in [0.4, 0.5) is 11.5 Å². The number of halogens is 1. The first-order valence-electron chi connectivity index (χ1n) is 6.97. The van der Waals surface area contributed by atoms with E-state index in [0.717, 1.165) is 23.5 Å². The molecule has 0 radical (unpaired) electrons. The molecule has 0 saturated carbocycles. The fourth-order valence-electron chi connectivity index (χ4n) is 1.99. The van der Waals surface area contributed by atoms with Crippen molar-refractivity contribution < 1.29 is 0 Å². The van der Waals surface area contributed by atoms with E-state index < -0.39 is 0 Å². The summed E-state index contributed by atoms with van der Waals surface area (Å²) in [6.07, 6.45) is 3.58. The van der Waals surface area contributed by atoms with Crippen LogP contribution >= 0.6 is 11.6 Å². The summed E-state index contributed by atoms with van der Waals surface area (Å²) in [4.78, 5) is 8.53. The normalized spacial score (nSPS) is 10.6. The predicted molar refractivity (Wildman–Crippen MR) is 84.9 cm³/mol. The lowest BCUT2D eigenvalue weighted by Gasteiger charge is -2.10. The summed E-state index contributed by atoms with van der Waals surface area (Å²) >= 11 is 6.08. The van der Waals surface area contributed by atoms with Crippen LogP contribution < -0.4 is 5.32 Å². The summed E-state index contributed by atoms with van der Waals surface area (Å²) in [5.41, 5.74) is 3.25. The van der Waals surface area contributed by atoms with Crippen LogP contribution in [0.5, 0.6) is 0 Å². The van der Waals surface area contributed by atoms with Crippen LogP contribution in [0.1, 0.15) is 36.7 Å². The highest BCUT2D eigenvalue weighted by molar-refractivity contribution is 6.30. The lowest BCUT2D eigenvalue weighted by molar-refractivity contribution is 0.795. The molecule has 1 aromatic carbocycles. The molecular formula is C16H20ClN3. The van der Waals surface area contributed by atoms with Crippen LogP contribution in [0, 0.1) is 13.8 Å². The SMILES string of the molecule is CCCCc1ccc(Nc2nc(C)nc(Cl)c2C)cc1. The van der Waals surface area contributed by atoms with E-state index >= 15 is 0 Å². The van der Waals surface area contributed by atoms with Crippen molar-refractivity contribution >= 4 is 23.1 Å². The third-order valence-corrected chi connectivity index (χ3v) is 3.60. The summed E-state index contributed by atoms with van der Waals surface area (Å²) in [5.74, 6) is 1.44. The van der Waals surface area contributed by atoms with E-state index in [-0.39, 0.29) is 0 Å². The van der Waals surface area contributed by atoms with Gasteiger partial charge in [0.15, 0.2) is 0 Å². The Bertz CT molecular complexity index is 579. The largest absolute Gasteiger partial charge is 0.340 e. The number of aromatic nitrogens is 2. The first-order valence-corrected chi connectivity index (χ1v) is 7.34. The van der Waals surface area contributed by atoms with Gasteiger partial charge in [0.25, 0.3) is 0 Å². The average Bonchev–Trinajstić information content (AvgIpc) is 2.43. The van der Waals surface area contributed by atoms with Gasteiger partial charge in [-0.05, 0) is 44.4 Å². The maximum Gasteiger partial charge on any atom is 0.138 e. The molecule has 106 valence electrons. The summed E-state index contributed by atoms with van der Waals surface area (Å²) in [6, 6.07) is 8.47. The Morgan fingerprint density at radius 3 is 2.45 bits per heavy atom. The molecule has 4 heteroatoms. The molecule has 3 nitrogen and oxygen atoms in total. The molecule has 0 aliphatic rings. The van der Waals surface area contributed by atoms with Crippen LogP contribution in [-0.2, 0) is 6.42 Å². The number of hydrogen-bond donors (Lipinski definition) is 1. The number of nitrogens with one attached hydrogen (secondary N) is 1. The van der Waals surface area contributed by atoms with Gasteiger partial charge in [-0.15, -0.1) is 0 Å². The van der Waals surface area contributed by atoms with E-state index in [1.165, 1.54) is 18.4 Å². The van der Waals surface area contributed by atoms with Gasteiger partial charge < -0.3 is 5.32 Å². The van der Waals surface area contributed by atoms with Crippen molar-refractivity contribution in [3.63, 3.8) is 0 Å². The van der Waals surface area contributed by atoms with Crippen molar-refractivity contribution in [1.29, 1.82) is 0 Å². The lowest BCUT2D eigenvalue weighted by atomic mass is 10.1. The van der Waals surface area contributed by atoms with Crippen LogP contribution in [0.2, 0.25) is 5.15 Å². The summed E-state index contributed by atoms with van der Waals surface area (Å²) in [5, 5.41) is 3.80. The highest BCUT2D eigenvalue weighted by Gasteiger charge is 2.07. The fraction of sp³-hybridized carbons (Fsp3) is 0.375. The van der Waals surface area contributed by atoms with Crippen molar-refractivity contribution in [2.75, 3.05) is 5.32 Å². The van der Waals surface area contributed by atoms with E-state index in [0.29, 0.717) is 11.0 Å². The molecule has 0 aliphatic heterocycles. The minimum Gasteiger partial charge on any atom is -0.340 e. The summed E-state index contributed by atoms with van der Waals surface area (Å²) in [6.45, 7) is 5.96. The standard InChI is InChI=1S/C16H20ClN3/c1-4-5-6-13-7-9-14(10-8-13)20-16-11(2)15(17)18-12(3)19-16/h7-10H,4-6H2,1-3H3,(H,18,19,20). The zero-order chi connectivity index (χ0) is 14.5. The van der Waals surface area contributed by atoms with E-state index in [1.807, 2.05) is 13.8 Å². The number of rotatable bonds is 5. The van der Waals surface area contributed by atoms with Crippen molar-refractivity contribution in [1.82, 2.24) is 9.97 Å². The third-order valence-electron chi connectivity index (χ3n) is 3.23. The molecule has 0 atom stereocenters. The summed E-state index contributed by atoms with van der Waals surface area (Å²) < 4.78 is 0. The second-order valence-electron chi connectivity index (χ2n) is 4.96. The summed E-state index contributed by atoms with van der Waals surface area (Å²) in [7, 11) is 0. The maximum atomic E-state index is 6.08. The second kappa shape index (κ2) is 6.71. The molecule has 0 bridgehead atoms. The van der Waals surface area contributed by atoms with E-state index in [9.17, 15) is 0 Å². The first-order chi connectivity index (χ1) is 9.60. The van der Waals surface area contributed by atoms with Gasteiger partial charge >= 0.3 is 0 Å². The molecule has 1 heterocycles.